The number of allylic oxidation sites excluding steroid dienone is 2. The lowest BCUT2D eigenvalue weighted by atomic mass is 9.49. The van der Waals surface area contributed by atoms with Crippen LogP contribution in [0.15, 0.2) is 23.8 Å². The Morgan fingerprint density at radius 1 is 1.10 bits per heavy atom. The van der Waals surface area contributed by atoms with Crippen molar-refractivity contribution in [3.05, 3.63) is 46.0 Å². The summed E-state index contributed by atoms with van der Waals surface area (Å²) in [5.74, 6) is 2.10. The van der Waals surface area contributed by atoms with Gasteiger partial charge in [-0.1, -0.05) is 51.5 Å². The summed E-state index contributed by atoms with van der Waals surface area (Å²) in [5, 5.41) is 10.7. The average molecular weight is 395 g/mol. The zero-order valence-corrected chi connectivity index (χ0v) is 19.6. The molecule has 29 heavy (non-hydrogen) atoms. The molecule has 1 saturated carbocycles. The molecule has 0 saturated heterocycles. The molecule has 4 rings (SSSR count). The molecule has 0 amide bonds. The van der Waals surface area contributed by atoms with Crippen LogP contribution in [0.25, 0.3) is 0 Å². The maximum absolute atomic E-state index is 10.7. The number of rotatable bonds is 4. The van der Waals surface area contributed by atoms with E-state index in [0.29, 0.717) is 5.92 Å². The predicted molar refractivity (Wildman–Crippen MR) is 124 cm³/mol. The van der Waals surface area contributed by atoms with Gasteiger partial charge in [-0.15, -0.1) is 0 Å². The molecule has 1 fully saturated rings. The molecule has 1 heteroatoms. The molecule has 5 atom stereocenters. The monoisotopic (exact) mass is 394 g/mol. The third kappa shape index (κ3) is 3.42. The van der Waals surface area contributed by atoms with E-state index in [1.54, 1.807) is 22.3 Å². The van der Waals surface area contributed by atoms with Gasteiger partial charge >= 0.3 is 0 Å². The largest absolute Gasteiger partial charge is 0.393 e. The molecule has 0 spiro atoms. The standard InChI is InChI=1S/C28H42O/c1-18(2)8-7-9-19(3)20-10-11-22-21(20)12-14-24-23(22)13-15-25-27(4,5)26(29)16-17-28(24,25)6/h8,12,14,19-20,25-26,29H,7,9-11,13,15-17H2,1-6H3/t19-,20-,25?,26+,28-/m1/s1. The lowest BCUT2D eigenvalue weighted by molar-refractivity contribution is -0.0731. The van der Waals surface area contributed by atoms with Crippen LogP contribution in [0.4, 0.5) is 0 Å². The number of hydrogen-bond donors (Lipinski definition) is 1. The van der Waals surface area contributed by atoms with Crippen molar-refractivity contribution in [1.82, 2.24) is 0 Å². The van der Waals surface area contributed by atoms with Crippen LogP contribution < -0.4 is 0 Å². The minimum atomic E-state index is -0.150. The topological polar surface area (TPSA) is 20.2 Å². The van der Waals surface area contributed by atoms with E-state index in [9.17, 15) is 5.11 Å². The first-order valence-electron chi connectivity index (χ1n) is 12.1. The van der Waals surface area contributed by atoms with E-state index in [0.717, 1.165) is 24.7 Å². The highest BCUT2D eigenvalue weighted by molar-refractivity contribution is 5.50. The van der Waals surface area contributed by atoms with Crippen LogP contribution in [0.3, 0.4) is 0 Å². The van der Waals surface area contributed by atoms with E-state index in [2.05, 4.69) is 59.8 Å². The maximum atomic E-state index is 10.7. The van der Waals surface area contributed by atoms with Crippen LogP contribution in [0.2, 0.25) is 0 Å². The van der Waals surface area contributed by atoms with Gasteiger partial charge in [0.25, 0.3) is 0 Å². The Labute approximate surface area is 179 Å². The van der Waals surface area contributed by atoms with Crippen molar-refractivity contribution in [1.29, 1.82) is 0 Å². The van der Waals surface area contributed by atoms with Gasteiger partial charge in [0.2, 0.25) is 0 Å². The van der Waals surface area contributed by atoms with Gasteiger partial charge in [-0.25, -0.2) is 0 Å². The quantitative estimate of drug-likeness (QED) is 0.540. The fraction of sp³-hybridized carbons (Fsp3) is 0.714. The van der Waals surface area contributed by atoms with Gasteiger partial charge in [-0.2, -0.15) is 0 Å². The highest BCUT2D eigenvalue weighted by atomic mass is 16.3. The number of hydrogen-bond acceptors (Lipinski definition) is 1. The first-order valence-corrected chi connectivity index (χ1v) is 12.1. The van der Waals surface area contributed by atoms with Crippen molar-refractivity contribution in [3.8, 4) is 0 Å². The molecule has 1 nitrogen and oxygen atoms in total. The molecule has 0 bridgehead atoms. The van der Waals surface area contributed by atoms with E-state index < -0.39 is 0 Å². The lowest BCUT2D eigenvalue weighted by Gasteiger charge is -2.56. The van der Waals surface area contributed by atoms with Crippen LogP contribution in [0.5, 0.6) is 0 Å². The van der Waals surface area contributed by atoms with Gasteiger partial charge in [0.1, 0.15) is 0 Å². The lowest BCUT2D eigenvalue weighted by Crippen LogP contribution is -2.54. The summed E-state index contributed by atoms with van der Waals surface area (Å²) in [6.45, 7) is 14.0. The highest BCUT2D eigenvalue weighted by Gasteiger charge is 2.53. The zero-order valence-electron chi connectivity index (χ0n) is 19.6. The van der Waals surface area contributed by atoms with Crippen LogP contribution in [0.1, 0.15) is 108 Å². The first kappa shape index (κ1) is 21.2. The molecular formula is C28H42O. The predicted octanol–water partition coefficient (Wildman–Crippen LogP) is 7.10. The molecule has 3 aliphatic carbocycles. The van der Waals surface area contributed by atoms with Crippen molar-refractivity contribution in [2.45, 2.75) is 110 Å². The summed E-state index contributed by atoms with van der Waals surface area (Å²) in [5.41, 5.74) is 8.42. The van der Waals surface area contributed by atoms with Crippen molar-refractivity contribution in [2.24, 2.45) is 17.3 Å². The molecule has 1 N–H and O–H groups in total. The third-order valence-corrected chi connectivity index (χ3v) is 9.20. The van der Waals surface area contributed by atoms with E-state index in [4.69, 9.17) is 0 Å². The van der Waals surface area contributed by atoms with Crippen molar-refractivity contribution >= 4 is 0 Å². The normalized spacial score (nSPS) is 33.4. The number of aliphatic hydroxyl groups excluding tert-OH is 1. The number of fused-ring (bicyclic) bond motifs is 5. The highest BCUT2D eigenvalue weighted by Crippen LogP contribution is 2.58. The summed E-state index contributed by atoms with van der Waals surface area (Å²) >= 11 is 0. The van der Waals surface area contributed by atoms with E-state index in [1.807, 2.05) is 0 Å². The second-order valence-corrected chi connectivity index (χ2v) is 11.5. The summed E-state index contributed by atoms with van der Waals surface area (Å²) in [6, 6.07) is 5.02. The molecular weight excluding hydrogens is 352 g/mol. The van der Waals surface area contributed by atoms with Crippen LogP contribution in [-0.4, -0.2) is 11.2 Å². The van der Waals surface area contributed by atoms with Crippen LogP contribution >= 0.6 is 0 Å². The van der Waals surface area contributed by atoms with Crippen LogP contribution in [0, 0.1) is 17.3 Å². The Bertz CT molecular complexity index is 797. The minimum absolute atomic E-state index is 0.0195. The van der Waals surface area contributed by atoms with E-state index in [1.165, 1.54) is 44.1 Å². The summed E-state index contributed by atoms with van der Waals surface area (Å²) in [6.07, 6.45) is 11.9. The zero-order chi connectivity index (χ0) is 21.0. The number of benzene rings is 1. The van der Waals surface area contributed by atoms with Gasteiger partial charge in [0, 0.05) is 0 Å². The average Bonchev–Trinajstić information content (AvgIpc) is 3.09. The molecule has 0 aromatic heterocycles. The summed E-state index contributed by atoms with van der Waals surface area (Å²) in [7, 11) is 0. The van der Waals surface area contributed by atoms with Crippen LogP contribution in [-0.2, 0) is 18.3 Å². The Morgan fingerprint density at radius 3 is 2.55 bits per heavy atom. The first-order chi connectivity index (χ1) is 13.7. The Hall–Kier alpha value is -1.08. The second-order valence-electron chi connectivity index (χ2n) is 11.5. The summed E-state index contributed by atoms with van der Waals surface area (Å²) < 4.78 is 0. The molecule has 160 valence electrons. The summed E-state index contributed by atoms with van der Waals surface area (Å²) in [4.78, 5) is 0. The van der Waals surface area contributed by atoms with Gasteiger partial charge in [0.15, 0.2) is 0 Å². The Morgan fingerprint density at radius 2 is 1.83 bits per heavy atom. The van der Waals surface area contributed by atoms with Crippen molar-refractivity contribution < 1.29 is 5.11 Å². The van der Waals surface area contributed by atoms with E-state index in [-0.39, 0.29) is 16.9 Å². The molecule has 0 aliphatic heterocycles. The SMILES string of the molecule is CC(C)=CCC[C@@H](C)[C@H]1CCc2c1ccc1c2CCC2C(C)(C)[C@@H](O)CC[C@]12C. The van der Waals surface area contributed by atoms with Gasteiger partial charge < -0.3 is 5.11 Å². The fourth-order valence-corrected chi connectivity index (χ4v) is 7.39. The van der Waals surface area contributed by atoms with Gasteiger partial charge in [0.05, 0.1) is 6.10 Å². The van der Waals surface area contributed by atoms with E-state index >= 15 is 0 Å². The van der Waals surface area contributed by atoms with Gasteiger partial charge in [-0.3, -0.25) is 0 Å². The molecule has 3 aliphatic rings. The Kier molecular flexibility index (Phi) is 5.52. The molecule has 1 aromatic carbocycles. The van der Waals surface area contributed by atoms with Gasteiger partial charge in [-0.05, 0) is 116 Å². The molecule has 0 radical (unpaired) electrons. The Balaban J connectivity index is 1.63. The van der Waals surface area contributed by atoms with Crippen molar-refractivity contribution in [3.63, 3.8) is 0 Å². The maximum Gasteiger partial charge on any atom is 0.0594 e. The molecule has 1 aromatic rings. The smallest absolute Gasteiger partial charge is 0.0594 e. The molecule has 0 heterocycles. The van der Waals surface area contributed by atoms with Crippen molar-refractivity contribution in [2.75, 3.05) is 0 Å². The number of aliphatic hydroxyl groups is 1. The minimum Gasteiger partial charge on any atom is -0.393 e. The third-order valence-electron chi connectivity index (χ3n) is 9.20. The molecule has 1 unspecified atom stereocenters. The fourth-order valence-electron chi connectivity index (χ4n) is 7.39. The second kappa shape index (κ2) is 7.56.